The zero-order valence-corrected chi connectivity index (χ0v) is 13.0. The third kappa shape index (κ3) is 3.74. The molecule has 1 aliphatic heterocycles. The molecule has 6 heteroatoms. The molecule has 2 rings (SSSR count). The molecule has 0 radical (unpaired) electrons. The van der Waals surface area contributed by atoms with Gasteiger partial charge in [-0.25, -0.2) is 0 Å². The van der Waals surface area contributed by atoms with E-state index in [2.05, 4.69) is 5.32 Å². The molecular formula is C15H20ClN3O2. The van der Waals surface area contributed by atoms with Gasteiger partial charge in [-0.1, -0.05) is 31.5 Å². The van der Waals surface area contributed by atoms with E-state index >= 15 is 0 Å². The molecule has 0 saturated carbocycles. The maximum atomic E-state index is 11.4. The number of fused-ring (bicyclic) bond motifs is 1. The van der Waals surface area contributed by atoms with Crippen LogP contribution in [0.2, 0.25) is 5.02 Å². The van der Waals surface area contributed by atoms with E-state index in [-0.39, 0.29) is 29.7 Å². The quantitative estimate of drug-likeness (QED) is 0.777. The second-order valence-corrected chi connectivity index (χ2v) is 6.78. The zero-order valence-electron chi connectivity index (χ0n) is 12.2. The summed E-state index contributed by atoms with van der Waals surface area (Å²) in [7, 11) is 0. The number of primary amides is 1. The first kappa shape index (κ1) is 15.8. The maximum Gasteiger partial charge on any atom is 0.228 e. The van der Waals surface area contributed by atoms with Crippen molar-refractivity contribution in [3.8, 4) is 0 Å². The first-order valence-electron chi connectivity index (χ1n) is 6.84. The lowest BCUT2D eigenvalue weighted by molar-refractivity contribution is -0.120. The first-order chi connectivity index (χ1) is 9.68. The summed E-state index contributed by atoms with van der Waals surface area (Å²) in [5, 5.41) is 3.28. The highest BCUT2D eigenvalue weighted by Gasteiger charge is 2.27. The van der Waals surface area contributed by atoms with E-state index in [1.165, 1.54) is 0 Å². The third-order valence-corrected chi connectivity index (χ3v) is 4.00. The number of amides is 2. The van der Waals surface area contributed by atoms with Crippen molar-refractivity contribution in [2.45, 2.75) is 39.2 Å². The van der Waals surface area contributed by atoms with Gasteiger partial charge < -0.3 is 16.8 Å². The van der Waals surface area contributed by atoms with Crippen molar-refractivity contribution in [1.82, 2.24) is 0 Å². The Kier molecular flexibility index (Phi) is 4.25. The lowest BCUT2D eigenvalue weighted by Crippen LogP contribution is -2.27. The average Bonchev–Trinajstić information content (AvgIpc) is 2.64. The summed E-state index contributed by atoms with van der Waals surface area (Å²) in [4.78, 5) is 22.5. The second kappa shape index (κ2) is 5.66. The number of halogens is 1. The van der Waals surface area contributed by atoms with E-state index in [1.807, 2.05) is 19.9 Å². The van der Waals surface area contributed by atoms with Gasteiger partial charge in [-0.15, -0.1) is 0 Å². The number of carbonyl (C=O) groups is 2. The minimum atomic E-state index is -0.345. The highest BCUT2D eigenvalue weighted by Crippen LogP contribution is 2.37. The standard InChI is InChI=1S/C15H20ClN3O2/c1-15(2,7-13(18)20)6-11(17)9-3-8-4-14(21)19-12(8)5-10(9)16/h3,5,11H,4,6-7,17H2,1-2H3,(H2,18,20)(H,19,21). The fraction of sp³-hybridized carbons (Fsp3) is 0.467. The monoisotopic (exact) mass is 309 g/mol. The van der Waals surface area contributed by atoms with Crippen molar-refractivity contribution in [1.29, 1.82) is 0 Å². The van der Waals surface area contributed by atoms with Gasteiger partial charge >= 0.3 is 0 Å². The molecule has 1 atom stereocenters. The molecule has 1 unspecified atom stereocenters. The number of nitrogens with two attached hydrogens (primary N) is 2. The minimum absolute atomic E-state index is 0.0409. The number of anilines is 1. The molecule has 0 aromatic heterocycles. The van der Waals surface area contributed by atoms with Crippen molar-refractivity contribution in [2.24, 2.45) is 16.9 Å². The van der Waals surface area contributed by atoms with E-state index in [1.54, 1.807) is 6.07 Å². The van der Waals surface area contributed by atoms with Crippen LogP contribution in [0.5, 0.6) is 0 Å². The first-order valence-corrected chi connectivity index (χ1v) is 7.22. The van der Waals surface area contributed by atoms with E-state index < -0.39 is 0 Å². The van der Waals surface area contributed by atoms with E-state index in [4.69, 9.17) is 23.1 Å². The largest absolute Gasteiger partial charge is 0.370 e. The molecule has 0 fully saturated rings. The molecule has 114 valence electrons. The molecule has 1 aromatic carbocycles. The zero-order chi connectivity index (χ0) is 15.8. The molecule has 2 amide bonds. The van der Waals surface area contributed by atoms with Gasteiger partial charge in [-0.3, -0.25) is 9.59 Å². The maximum absolute atomic E-state index is 11.4. The molecule has 0 bridgehead atoms. The summed E-state index contributed by atoms with van der Waals surface area (Å²) in [6, 6.07) is 3.30. The Morgan fingerprint density at radius 2 is 2.14 bits per heavy atom. The molecule has 0 saturated heterocycles. The summed E-state index contributed by atoms with van der Waals surface area (Å²) < 4.78 is 0. The number of benzene rings is 1. The van der Waals surface area contributed by atoms with Crippen molar-refractivity contribution in [3.05, 3.63) is 28.3 Å². The molecule has 21 heavy (non-hydrogen) atoms. The van der Waals surface area contributed by atoms with Gasteiger partial charge in [-0.05, 0) is 29.0 Å². The van der Waals surface area contributed by atoms with Gasteiger partial charge in [0.2, 0.25) is 11.8 Å². The smallest absolute Gasteiger partial charge is 0.228 e. The van der Waals surface area contributed by atoms with Crippen LogP contribution in [0.25, 0.3) is 0 Å². The van der Waals surface area contributed by atoms with Crippen LogP contribution in [-0.4, -0.2) is 11.8 Å². The fourth-order valence-electron chi connectivity index (χ4n) is 2.80. The predicted octanol–water partition coefficient (Wildman–Crippen LogP) is 2.13. The molecule has 0 aliphatic carbocycles. The van der Waals surface area contributed by atoms with Crippen LogP contribution in [0.3, 0.4) is 0 Å². The number of rotatable bonds is 5. The summed E-state index contributed by atoms with van der Waals surface area (Å²) in [5.74, 6) is -0.386. The van der Waals surface area contributed by atoms with Crippen LogP contribution in [-0.2, 0) is 16.0 Å². The van der Waals surface area contributed by atoms with Crippen molar-refractivity contribution >= 4 is 29.1 Å². The third-order valence-electron chi connectivity index (χ3n) is 3.67. The highest BCUT2D eigenvalue weighted by molar-refractivity contribution is 6.32. The molecule has 5 nitrogen and oxygen atoms in total. The highest BCUT2D eigenvalue weighted by atomic mass is 35.5. The Morgan fingerprint density at radius 3 is 2.76 bits per heavy atom. The molecule has 0 spiro atoms. The minimum Gasteiger partial charge on any atom is -0.370 e. The Labute approximate surface area is 129 Å². The van der Waals surface area contributed by atoms with E-state index in [0.717, 1.165) is 16.8 Å². The van der Waals surface area contributed by atoms with E-state index in [0.29, 0.717) is 17.9 Å². The predicted molar refractivity (Wildman–Crippen MR) is 82.9 cm³/mol. The van der Waals surface area contributed by atoms with Crippen LogP contribution < -0.4 is 16.8 Å². The number of carbonyl (C=O) groups excluding carboxylic acids is 2. The van der Waals surface area contributed by atoms with Gasteiger partial charge in [0.25, 0.3) is 0 Å². The van der Waals surface area contributed by atoms with Crippen LogP contribution in [0, 0.1) is 5.41 Å². The van der Waals surface area contributed by atoms with Crippen molar-refractivity contribution in [3.63, 3.8) is 0 Å². The topological polar surface area (TPSA) is 98.2 Å². The Hall–Kier alpha value is -1.59. The van der Waals surface area contributed by atoms with Crippen molar-refractivity contribution in [2.75, 3.05) is 5.32 Å². The second-order valence-electron chi connectivity index (χ2n) is 6.37. The molecule has 1 aliphatic rings. The Morgan fingerprint density at radius 1 is 1.48 bits per heavy atom. The van der Waals surface area contributed by atoms with Crippen LogP contribution in [0.4, 0.5) is 5.69 Å². The van der Waals surface area contributed by atoms with Gasteiger partial charge in [-0.2, -0.15) is 0 Å². The Bertz CT molecular complexity index is 599. The summed E-state index contributed by atoms with van der Waals surface area (Å²) >= 11 is 6.26. The summed E-state index contributed by atoms with van der Waals surface area (Å²) in [6.45, 7) is 3.90. The molecule has 5 N–H and O–H groups in total. The lowest BCUT2D eigenvalue weighted by Gasteiger charge is -2.27. The number of hydrogen-bond acceptors (Lipinski definition) is 3. The number of hydrogen-bond donors (Lipinski definition) is 3. The van der Waals surface area contributed by atoms with Gasteiger partial charge in [0, 0.05) is 23.2 Å². The van der Waals surface area contributed by atoms with Crippen LogP contribution in [0.15, 0.2) is 12.1 Å². The van der Waals surface area contributed by atoms with E-state index in [9.17, 15) is 9.59 Å². The number of nitrogens with one attached hydrogen (secondary N) is 1. The van der Waals surface area contributed by atoms with Gasteiger partial charge in [0.1, 0.15) is 0 Å². The molecule has 1 aromatic rings. The van der Waals surface area contributed by atoms with Gasteiger partial charge in [0.15, 0.2) is 0 Å². The van der Waals surface area contributed by atoms with Crippen LogP contribution in [0.1, 0.15) is 43.9 Å². The van der Waals surface area contributed by atoms with Crippen molar-refractivity contribution < 1.29 is 9.59 Å². The SMILES string of the molecule is CC(C)(CC(N)=O)CC(N)c1cc2c(cc1Cl)NC(=O)C2. The average molecular weight is 310 g/mol. The summed E-state index contributed by atoms with van der Waals surface area (Å²) in [5.41, 5.74) is 13.6. The molecular weight excluding hydrogens is 290 g/mol. The lowest BCUT2D eigenvalue weighted by atomic mass is 9.80. The van der Waals surface area contributed by atoms with Crippen LogP contribution >= 0.6 is 11.6 Å². The Balaban J connectivity index is 2.20. The van der Waals surface area contributed by atoms with Gasteiger partial charge in [0.05, 0.1) is 6.42 Å². The molecule has 1 heterocycles. The normalized spacial score (nSPS) is 15.5. The fourth-order valence-corrected chi connectivity index (χ4v) is 3.10. The summed E-state index contributed by atoms with van der Waals surface area (Å²) in [6.07, 6.45) is 1.19.